The second-order valence-electron chi connectivity index (χ2n) is 7.31. The van der Waals surface area contributed by atoms with Gasteiger partial charge in [0.2, 0.25) is 0 Å². The molecule has 0 atom stereocenters. The van der Waals surface area contributed by atoms with Gasteiger partial charge in [-0.15, -0.1) is 11.3 Å². The summed E-state index contributed by atoms with van der Waals surface area (Å²) >= 11 is 1.24. The van der Waals surface area contributed by atoms with E-state index in [0.717, 1.165) is 0 Å². The number of nitrogens with one attached hydrogen (secondary N) is 1. The van der Waals surface area contributed by atoms with Gasteiger partial charge in [-0.05, 0) is 24.5 Å². The Labute approximate surface area is 167 Å². The fourth-order valence-electron chi connectivity index (χ4n) is 3.43. The van der Waals surface area contributed by atoms with Crippen molar-refractivity contribution in [3.05, 3.63) is 39.5 Å². The molecule has 0 bridgehead atoms. The summed E-state index contributed by atoms with van der Waals surface area (Å²) in [6.07, 6.45) is 1.19. The first-order valence-corrected chi connectivity index (χ1v) is 9.99. The molecule has 2 aromatic rings. The molecule has 28 heavy (non-hydrogen) atoms. The Hall–Kier alpha value is -2.74. The molecule has 0 fully saturated rings. The Morgan fingerprint density at radius 1 is 1.32 bits per heavy atom. The highest BCUT2D eigenvalue weighted by Gasteiger charge is 2.32. The maximum atomic E-state index is 13.0. The number of carbonyl (C=O) groups excluding carboxylic acids is 3. The van der Waals surface area contributed by atoms with E-state index in [1.807, 2.05) is 13.8 Å². The van der Waals surface area contributed by atoms with Crippen molar-refractivity contribution >= 4 is 29.1 Å². The second-order valence-corrected chi connectivity index (χ2v) is 8.40. The number of nitrogens with two attached hydrogens (primary N) is 1. The zero-order valence-corrected chi connectivity index (χ0v) is 17.3. The van der Waals surface area contributed by atoms with Crippen molar-refractivity contribution < 1.29 is 14.4 Å². The summed E-state index contributed by atoms with van der Waals surface area (Å²) in [5.74, 6) is -0.747. The third-order valence-corrected chi connectivity index (χ3v) is 5.84. The molecule has 0 saturated heterocycles. The molecule has 1 aliphatic heterocycles. The quantitative estimate of drug-likeness (QED) is 0.802. The number of fused-ring (bicyclic) bond motifs is 1. The van der Waals surface area contributed by atoms with Crippen LogP contribution in [-0.2, 0) is 12.8 Å². The lowest BCUT2D eigenvalue weighted by molar-refractivity contribution is 0.0779. The summed E-state index contributed by atoms with van der Waals surface area (Å²) in [4.78, 5) is 44.9. The van der Waals surface area contributed by atoms with Crippen molar-refractivity contribution in [3.8, 4) is 10.4 Å². The van der Waals surface area contributed by atoms with Crippen LogP contribution < -0.4 is 11.1 Å². The topological polar surface area (TPSA) is 105 Å². The first kappa shape index (κ1) is 20.0. The number of pyridine rings is 1. The predicted molar refractivity (Wildman–Crippen MR) is 109 cm³/mol. The molecule has 3 amide bonds. The van der Waals surface area contributed by atoms with E-state index < -0.39 is 5.91 Å². The van der Waals surface area contributed by atoms with Gasteiger partial charge in [0.1, 0.15) is 0 Å². The van der Waals surface area contributed by atoms with Crippen molar-refractivity contribution in [1.29, 1.82) is 0 Å². The highest BCUT2D eigenvalue weighted by atomic mass is 32.1. The third-order valence-electron chi connectivity index (χ3n) is 4.74. The molecule has 148 valence electrons. The lowest BCUT2D eigenvalue weighted by Gasteiger charge is -2.28. The lowest BCUT2D eigenvalue weighted by Crippen LogP contribution is -2.36. The van der Waals surface area contributed by atoms with Gasteiger partial charge in [0.15, 0.2) is 0 Å². The smallest absolute Gasteiger partial charge is 0.261 e. The molecular weight excluding hydrogens is 376 g/mol. The van der Waals surface area contributed by atoms with Crippen molar-refractivity contribution in [2.75, 3.05) is 20.6 Å². The Morgan fingerprint density at radius 2 is 2.04 bits per heavy atom. The van der Waals surface area contributed by atoms with Crippen LogP contribution in [0.25, 0.3) is 10.4 Å². The van der Waals surface area contributed by atoms with Crippen LogP contribution in [0.1, 0.15) is 55.6 Å². The largest absolute Gasteiger partial charge is 0.366 e. The minimum Gasteiger partial charge on any atom is -0.366 e. The van der Waals surface area contributed by atoms with Gasteiger partial charge in [-0.1, -0.05) is 13.8 Å². The van der Waals surface area contributed by atoms with Crippen LogP contribution in [0.15, 0.2) is 12.1 Å². The summed E-state index contributed by atoms with van der Waals surface area (Å²) in [6.45, 7) is 4.65. The number of primary amides is 1. The number of rotatable bonds is 5. The fraction of sp³-hybridized carbons (Fsp3) is 0.400. The SMILES string of the molecule is CNC(=O)c1ccc(-c2c(C(N)=O)c(CC(C)C)nc3c2C(=O)N(C)CC3)s1. The molecule has 0 unspecified atom stereocenters. The highest BCUT2D eigenvalue weighted by molar-refractivity contribution is 7.17. The van der Waals surface area contributed by atoms with E-state index >= 15 is 0 Å². The van der Waals surface area contributed by atoms with E-state index in [-0.39, 0.29) is 23.3 Å². The zero-order chi connectivity index (χ0) is 20.6. The summed E-state index contributed by atoms with van der Waals surface area (Å²) in [6, 6.07) is 3.45. The first-order valence-electron chi connectivity index (χ1n) is 9.17. The third kappa shape index (κ3) is 3.52. The maximum absolute atomic E-state index is 13.0. The average molecular weight is 401 g/mol. The Morgan fingerprint density at radius 3 is 2.64 bits per heavy atom. The zero-order valence-electron chi connectivity index (χ0n) is 16.5. The van der Waals surface area contributed by atoms with E-state index in [1.165, 1.54) is 11.3 Å². The van der Waals surface area contributed by atoms with Gasteiger partial charge in [-0.25, -0.2) is 0 Å². The Kier molecular flexibility index (Phi) is 5.51. The summed E-state index contributed by atoms with van der Waals surface area (Å²) in [5.41, 5.74) is 8.26. The molecule has 3 rings (SSSR count). The normalized spacial score (nSPS) is 13.6. The number of hydrogen-bond donors (Lipinski definition) is 2. The lowest BCUT2D eigenvalue weighted by atomic mass is 9.90. The molecule has 2 aromatic heterocycles. The summed E-state index contributed by atoms with van der Waals surface area (Å²) in [7, 11) is 3.29. The average Bonchev–Trinajstić information content (AvgIpc) is 3.12. The maximum Gasteiger partial charge on any atom is 0.261 e. The number of carbonyl (C=O) groups is 3. The molecule has 0 spiro atoms. The van der Waals surface area contributed by atoms with E-state index in [2.05, 4.69) is 10.3 Å². The van der Waals surface area contributed by atoms with Gasteiger partial charge in [0, 0.05) is 37.5 Å². The van der Waals surface area contributed by atoms with Crippen LogP contribution in [0.2, 0.25) is 0 Å². The minimum absolute atomic E-state index is 0.183. The van der Waals surface area contributed by atoms with Gasteiger partial charge in [-0.3, -0.25) is 19.4 Å². The number of hydrogen-bond acceptors (Lipinski definition) is 5. The molecule has 8 heteroatoms. The van der Waals surface area contributed by atoms with Gasteiger partial charge in [-0.2, -0.15) is 0 Å². The molecular formula is C20H24N4O3S. The van der Waals surface area contributed by atoms with Crippen molar-refractivity contribution in [2.24, 2.45) is 11.7 Å². The van der Waals surface area contributed by atoms with Crippen LogP contribution in [-0.4, -0.2) is 48.2 Å². The molecule has 0 aliphatic carbocycles. The van der Waals surface area contributed by atoms with Gasteiger partial charge in [0.05, 0.1) is 27.4 Å². The first-order chi connectivity index (χ1) is 13.2. The van der Waals surface area contributed by atoms with Crippen LogP contribution in [0, 0.1) is 5.92 Å². The van der Waals surface area contributed by atoms with E-state index in [0.29, 0.717) is 51.7 Å². The van der Waals surface area contributed by atoms with Crippen molar-refractivity contribution in [2.45, 2.75) is 26.7 Å². The Balaban J connectivity index is 2.34. The van der Waals surface area contributed by atoms with Crippen LogP contribution in [0.4, 0.5) is 0 Å². The van der Waals surface area contributed by atoms with E-state index in [1.54, 1.807) is 31.1 Å². The molecule has 0 radical (unpaired) electrons. The molecule has 3 N–H and O–H groups in total. The minimum atomic E-state index is -0.614. The number of thiophene rings is 1. The molecule has 1 aliphatic rings. The summed E-state index contributed by atoms with van der Waals surface area (Å²) < 4.78 is 0. The number of nitrogens with zero attached hydrogens (tertiary/aromatic N) is 2. The molecule has 7 nitrogen and oxygen atoms in total. The second kappa shape index (κ2) is 7.71. The van der Waals surface area contributed by atoms with Crippen LogP contribution in [0.3, 0.4) is 0 Å². The monoisotopic (exact) mass is 400 g/mol. The molecule has 0 aromatic carbocycles. The van der Waals surface area contributed by atoms with Crippen LogP contribution in [0.5, 0.6) is 0 Å². The molecule has 0 saturated carbocycles. The van der Waals surface area contributed by atoms with Crippen molar-refractivity contribution in [1.82, 2.24) is 15.2 Å². The number of amides is 3. The van der Waals surface area contributed by atoms with Gasteiger partial charge in [0.25, 0.3) is 17.7 Å². The standard InChI is InChI=1S/C20H24N4O3S/c1-10(2)9-12-15(18(21)25)17(13-5-6-14(28-13)19(26)22-3)16-11(23-12)7-8-24(4)20(16)27/h5-6,10H,7-9H2,1-4H3,(H2,21,25)(H,22,26). The highest BCUT2D eigenvalue weighted by Crippen LogP contribution is 2.38. The van der Waals surface area contributed by atoms with Gasteiger partial charge >= 0.3 is 0 Å². The van der Waals surface area contributed by atoms with Crippen molar-refractivity contribution in [3.63, 3.8) is 0 Å². The fourth-order valence-corrected chi connectivity index (χ4v) is 4.44. The predicted octanol–water partition coefficient (Wildman–Crippen LogP) is 2.10. The van der Waals surface area contributed by atoms with E-state index in [9.17, 15) is 14.4 Å². The Bertz CT molecular complexity index is 965. The summed E-state index contributed by atoms with van der Waals surface area (Å²) in [5, 5.41) is 2.59. The van der Waals surface area contributed by atoms with Crippen LogP contribution >= 0.6 is 11.3 Å². The molecule has 3 heterocycles. The number of likely N-dealkylation sites (N-methyl/N-ethyl adjacent to an activating group) is 1. The van der Waals surface area contributed by atoms with Gasteiger partial charge < -0.3 is 16.0 Å². The number of aromatic nitrogens is 1. The van der Waals surface area contributed by atoms with E-state index in [4.69, 9.17) is 5.73 Å².